The van der Waals surface area contributed by atoms with Crippen LogP contribution in [0.25, 0.3) is 0 Å². The second-order valence-electron chi connectivity index (χ2n) is 6.08. The third-order valence-corrected chi connectivity index (χ3v) is 3.99. The van der Waals surface area contributed by atoms with Gasteiger partial charge in [0.05, 0.1) is 6.54 Å². The lowest BCUT2D eigenvalue weighted by molar-refractivity contribution is 0.0615. The number of nitrogens with one attached hydrogen (secondary N) is 1. The first kappa shape index (κ1) is 15.0. The third kappa shape index (κ3) is 3.83. The van der Waals surface area contributed by atoms with Crippen LogP contribution >= 0.6 is 0 Å². The molecule has 1 aliphatic rings. The van der Waals surface area contributed by atoms with E-state index in [4.69, 9.17) is 9.68 Å². The Balaban J connectivity index is 1.78. The molecule has 0 amide bonds. The molecule has 1 aromatic heterocycles. The molecule has 1 saturated heterocycles. The number of hydrogen-bond acceptors (Lipinski definition) is 5. The molecule has 20 heavy (non-hydrogen) atoms. The smallest absolute Gasteiger partial charge is 0.203 e. The summed E-state index contributed by atoms with van der Waals surface area (Å²) in [5, 5.41) is 12.2. The summed E-state index contributed by atoms with van der Waals surface area (Å²) in [5.74, 6) is 1.19. The average molecular weight is 276 g/mol. The van der Waals surface area contributed by atoms with E-state index in [9.17, 15) is 0 Å². The van der Waals surface area contributed by atoms with Crippen molar-refractivity contribution in [2.24, 2.45) is 0 Å². The maximum atomic E-state index is 8.72. The van der Waals surface area contributed by atoms with Crippen molar-refractivity contribution < 1.29 is 4.42 Å². The van der Waals surface area contributed by atoms with Gasteiger partial charge in [-0.1, -0.05) is 0 Å². The van der Waals surface area contributed by atoms with E-state index in [1.807, 2.05) is 12.1 Å². The van der Waals surface area contributed by atoms with Crippen LogP contribution in [-0.2, 0) is 6.54 Å². The minimum atomic E-state index is 0.131. The van der Waals surface area contributed by atoms with Crippen LogP contribution in [0.5, 0.6) is 0 Å². The third-order valence-electron chi connectivity index (χ3n) is 3.99. The summed E-state index contributed by atoms with van der Waals surface area (Å²) < 4.78 is 5.36. The fraction of sp³-hybridized carbons (Fsp3) is 0.667. The Morgan fingerprint density at radius 1 is 1.30 bits per heavy atom. The Morgan fingerprint density at radius 2 is 2.00 bits per heavy atom. The van der Waals surface area contributed by atoms with Crippen molar-refractivity contribution in [3.05, 3.63) is 23.7 Å². The number of furan rings is 1. The molecule has 5 nitrogen and oxygen atoms in total. The van der Waals surface area contributed by atoms with Crippen LogP contribution in [0.3, 0.4) is 0 Å². The van der Waals surface area contributed by atoms with E-state index in [1.165, 1.54) is 0 Å². The lowest BCUT2D eigenvalue weighted by atomic mass is 10.0. The molecule has 1 aromatic rings. The summed E-state index contributed by atoms with van der Waals surface area (Å²) in [7, 11) is 2.17. The Bertz CT molecular complexity index is 466. The second kappa shape index (κ2) is 6.40. The molecule has 1 aliphatic heterocycles. The van der Waals surface area contributed by atoms with Crippen LogP contribution in [-0.4, -0.2) is 55.1 Å². The summed E-state index contributed by atoms with van der Waals surface area (Å²) in [6.45, 7) is 10.6. The lowest BCUT2D eigenvalue weighted by Gasteiger charge is -2.43. The van der Waals surface area contributed by atoms with Crippen LogP contribution in [0, 0.1) is 11.3 Å². The first-order valence-electron chi connectivity index (χ1n) is 7.14. The molecular weight excluding hydrogens is 252 g/mol. The van der Waals surface area contributed by atoms with Crippen molar-refractivity contribution in [2.75, 3.05) is 39.8 Å². The highest BCUT2D eigenvalue weighted by molar-refractivity contribution is 5.18. The molecule has 0 unspecified atom stereocenters. The minimum absolute atomic E-state index is 0.131. The highest BCUT2D eigenvalue weighted by atomic mass is 16.3. The minimum Gasteiger partial charge on any atom is -0.449 e. The van der Waals surface area contributed by atoms with Gasteiger partial charge in [0.1, 0.15) is 11.8 Å². The molecule has 5 heteroatoms. The van der Waals surface area contributed by atoms with Gasteiger partial charge in [-0.05, 0) is 33.0 Å². The Hall–Kier alpha value is -1.35. The van der Waals surface area contributed by atoms with Crippen molar-refractivity contribution in [1.29, 1.82) is 5.26 Å². The second-order valence-corrected chi connectivity index (χ2v) is 6.08. The van der Waals surface area contributed by atoms with Crippen LogP contribution in [0.2, 0.25) is 0 Å². The molecule has 0 atom stereocenters. The van der Waals surface area contributed by atoms with E-state index in [-0.39, 0.29) is 5.54 Å². The number of rotatable bonds is 5. The van der Waals surface area contributed by atoms with Gasteiger partial charge in [0.15, 0.2) is 0 Å². The molecule has 110 valence electrons. The van der Waals surface area contributed by atoms with Crippen LogP contribution in [0.15, 0.2) is 16.5 Å². The summed E-state index contributed by atoms with van der Waals surface area (Å²) >= 11 is 0. The quantitative estimate of drug-likeness (QED) is 0.877. The van der Waals surface area contributed by atoms with Gasteiger partial charge in [-0.2, -0.15) is 5.26 Å². The van der Waals surface area contributed by atoms with E-state index in [0.717, 1.165) is 38.5 Å². The maximum absolute atomic E-state index is 8.72. The Labute approximate surface area is 121 Å². The van der Waals surface area contributed by atoms with Gasteiger partial charge < -0.3 is 14.6 Å². The van der Waals surface area contributed by atoms with Crippen molar-refractivity contribution in [3.8, 4) is 6.07 Å². The zero-order chi connectivity index (χ0) is 14.6. The monoisotopic (exact) mass is 276 g/mol. The average Bonchev–Trinajstić information content (AvgIpc) is 2.87. The predicted octanol–water partition coefficient (Wildman–Crippen LogP) is 1.27. The number of piperazine rings is 1. The first-order chi connectivity index (χ1) is 9.51. The van der Waals surface area contributed by atoms with Gasteiger partial charge in [0.25, 0.3) is 0 Å². The first-order valence-corrected chi connectivity index (χ1v) is 7.14. The summed E-state index contributed by atoms with van der Waals surface area (Å²) in [6.07, 6.45) is 0. The molecule has 0 bridgehead atoms. The van der Waals surface area contributed by atoms with Crippen LogP contribution < -0.4 is 5.32 Å². The van der Waals surface area contributed by atoms with E-state index in [2.05, 4.69) is 36.0 Å². The van der Waals surface area contributed by atoms with Crippen LogP contribution in [0.1, 0.15) is 25.4 Å². The Kier molecular flexibility index (Phi) is 4.81. The van der Waals surface area contributed by atoms with Crippen molar-refractivity contribution in [3.63, 3.8) is 0 Å². The number of nitriles is 1. The normalized spacial score (nSPS) is 18.1. The largest absolute Gasteiger partial charge is 0.449 e. The number of nitrogens with zero attached hydrogens (tertiary/aromatic N) is 3. The van der Waals surface area contributed by atoms with E-state index >= 15 is 0 Å². The number of hydrogen-bond donors (Lipinski definition) is 1. The molecule has 0 aliphatic carbocycles. The van der Waals surface area contributed by atoms with E-state index < -0.39 is 0 Å². The molecular formula is C15H24N4O. The summed E-state index contributed by atoms with van der Waals surface area (Å²) in [6, 6.07) is 5.57. The topological polar surface area (TPSA) is 55.4 Å². The van der Waals surface area contributed by atoms with Gasteiger partial charge in [-0.3, -0.25) is 4.90 Å². The van der Waals surface area contributed by atoms with Crippen molar-refractivity contribution >= 4 is 0 Å². The van der Waals surface area contributed by atoms with Gasteiger partial charge in [-0.25, -0.2) is 0 Å². The van der Waals surface area contributed by atoms with Gasteiger partial charge in [0, 0.05) is 38.3 Å². The van der Waals surface area contributed by atoms with Crippen molar-refractivity contribution in [2.45, 2.75) is 25.9 Å². The van der Waals surface area contributed by atoms with Crippen LogP contribution in [0.4, 0.5) is 0 Å². The predicted molar refractivity (Wildman–Crippen MR) is 78.3 cm³/mol. The fourth-order valence-electron chi connectivity index (χ4n) is 2.55. The summed E-state index contributed by atoms with van der Waals surface area (Å²) in [4.78, 5) is 4.90. The maximum Gasteiger partial charge on any atom is 0.203 e. The molecule has 2 rings (SSSR count). The standard InChI is InChI=1S/C15H24N4O/c1-15(2,19-8-6-18(3)7-9-19)12-17-11-14-5-4-13(10-16)20-14/h4-5,17H,6-9,11-12H2,1-3H3. The molecule has 0 radical (unpaired) electrons. The van der Waals surface area contributed by atoms with Gasteiger partial charge >= 0.3 is 0 Å². The molecule has 1 N–H and O–H groups in total. The molecule has 0 saturated carbocycles. The fourth-order valence-corrected chi connectivity index (χ4v) is 2.55. The Morgan fingerprint density at radius 3 is 2.60 bits per heavy atom. The lowest BCUT2D eigenvalue weighted by Crippen LogP contribution is -2.57. The van der Waals surface area contributed by atoms with E-state index in [1.54, 1.807) is 6.07 Å². The molecule has 0 spiro atoms. The zero-order valence-electron chi connectivity index (χ0n) is 12.6. The highest BCUT2D eigenvalue weighted by Gasteiger charge is 2.28. The van der Waals surface area contributed by atoms with Gasteiger partial charge in [-0.15, -0.1) is 0 Å². The number of likely N-dealkylation sites (N-methyl/N-ethyl adjacent to an activating group) is 1. The molecule has 2 heterocycles. The molecule has 1 fully saturated rings. The molecule has 0 aromatic carbocycles. The van der Waals surface area contributed by atoms with E-state index in [0.29, 0.717) is 12.3 Å². The SMILES string of the molecule is CN1CCN(C(C)(C)CNCc2ccc(C#N)o2)CC1. The highest BCUT2D eigenvalue weighted by Crippen LogP contribution is 2.16. The van der Waals surface area contributed by atoms with Gasteiger partial charge in [0.2, 0.25) is 5.76 Å². The van der Waals surface area contributed by atoms with Crippen molar-refractivity contribution in [1.82, 2.24) is 15.1 Å². The summed E-state index contributed by atoms with van der Waals surface area (Å²) in [5.41, 5.74) is 0.131. The zero-order valence-corrected chi connectivity index (χ0v) is 12.6.